The van der Waals surface area contributed by atoms with Gasteiger partial charge in [0, 0.05) is 24.8 Å². The SMILES string of the molecule is COC(=O)/C=C/CC[C@H](NC(=O)c1cc([N+](=O)[O-])ccc1C(=O)O)C(=O)N[C@H](C(=O)N1C[C@H]2[C@@H]([C@H]1C(=O)N[C@H](C(=O)N[C@H](C(N)=O)C1CCCCC1)C1CCCCC1)C2(C)C)C(C)(C)C. The maximum Gasteiger partial charge on any atom is 0.336 e. The van der Waals surface area contributed by atoms with E-state index in [9.17, 15) is 53.6 Å². The number of nitrogens with two attached hydrogens (primary N) is 1. The van der Waals surface area contributed by atoms with Crippen LogP contribution in [0.15, 0.2) is 30.4 Å². The second kappa shape index (κ2) is 21.0. The molecule has 1 saturated heterocycles. The zero-order valence-corrected chi connectivity index (χ0v) is 38.2. The second-order valence-corrected chi connectivity index (χ2v) is 19.7. The molecule has 19 heteroatoms. The lowest BCUT2D eigenvalue weighted by atomic mass is 9.81. The number of primary amides is 1. The van der Waals surface area contributed by atoms with Crippen LogP contribution < -0.4 is 27.0 Å². The van der Waals surface area contributed by atoms with Gasteiger partial charge in [-0.3, -0.25) is 38.9 Å². The van der Waals surface area contributed by atoms with Crippen molar-refractivity contribution in [3.8, 4) is 0 Å². The van der Waals surface area contributed by atoms with Crippen molar-refractivity contribution in [1.82, 2.24) is 26.2 Å². The number of nitro benzene ring substituents is 1. The number of carbonyl (C=O) groups is 8. The Kier molecular flexibility index (Phi) is 16.2. The molecule has 7 N–H and O–H groups in total. The van der Waals surface area contributed by atoms with Gasteiger partial charge in [0.05, 0.1) is 23.2 Å². The van der Waals surface area contributed by atoms with Crippen molar-refractivity contribution >= 4 is 53.1 Å². The van der Waals surface area contributed by atoms with E-state index in [4.69, 9.17) is 5.73 Å². The normalized spacial score (nSPS) is 22.6. The Hall–Kier alpha value is -5.88. The van der Waals surface area contributed by atoms with Gasteiger partial charge in [-0.25, -0.2) is 9.59 Å². The molecule has 0 unspecified atom stereocenters. The predicted molar refractivity (Wildman–Crippen MR) is 236 cm³/mol. The summed E-state index contributed by atoms with van der Waals surface area (Å²) >= 11 is 0. The fourth-order valence-electron chi connectivity index (χ4n) is 10.1. The first-order valence-electron chi connectivity index (χ1n) is 22.7. The smallest absolute Gasteiger partial charge is 0.336 e. The molecule has 3 saturated carbocycles. The number of methoxy groups -OCH3 is 1. The van der Waals surface area contributed by atoms with Crippen molar-refractivity contribution in [2.75, 3.05) is 13.7 Å². The summed E-state index contributed by atoms with van der Waals surface area (Å²) in [4.78, 5) is 121. The largest absolute Gasteiger partial charge is 0.478 e. The molecule has 19 nitrogen and oxygen atoms in total. The molecule has 65 heavy (non-hydrogen) atoms. The number of ether oxygens (including phenoxy) is 1. The van der Waals surface area contributed by atoms with Crippen molar-refractivity contribution < 1.29 is 53.1 Å². The van der Waals surface area contributed by atoms with Gasteiger partial charge in [0.15, 0.2) is 0 Å². The van der Waals surface area contributed by atoms with Crippen LogP contribution in [0.2, 0.25) is 0 Å². The number of nitro groups is 1. The van der Waals surface area contributed by atoms with Crippen molar-refractivity contribution in [3.05, 3.63) is 51.6 Å². The van der Waals surface area contributed by atoms with Gasteiger partial charge in [-0.1, -0.05) is 79.2 Å². The Balaban J connectivity index is 1.42. The number of benzene rings is 1. The number of hydrogen-bond acceptors (Lipinski definition) is 11. The van der Waals surface area contributed by atoms with E-state index in [-0.39, 0.29) is 48.5 Å². The Morgan fingerprint density at radius 3 is 2.03 bits per heavy atom. The summed E-state index contributed by atoms with van der Waals surface area (Å²) in [5, 5.41) is 32.5. The van der Waals surface area contributed by atoms with Crippen LogP contribution in [0.1, 0.15) is 132 Å². The third-order valence-electron chi connectivity index (χ3n) is 14.0. The number of amides is 6. The molecule has 5 rings (SSSR count). The molecular weight excluding hydrogens is 843 g/mol. The minimum absolute atomic E-state index is 0.0196. The van der Waals surface area contributed by atoms with E-state index in [1.807, 2.05) is 13.8 Å². The molecule has 1 heterocycles. The average molecular weight is 908 g/mol. The molecule has 1 aliphatic heterocycles. The van der Waals surface area contributed by atoms with E-state index in [0.717, 1.165) is 75.6 Å². The number of carboxylic acids is 1. The number of aromatic carboxylic acids is 1. The highest BCUT2D eigenvalue weighted by Crippen LogP contribution is 2.65. The molecule has 0 aromatic heterocycles. The molecule has 3 aliphatic carbocycles. The fourth-order valence-corrected chi connectivity index (χ4v) is 10.1. The number of non-ortho nitro benzene ring substituents is 1. The van der Waals surface area contributed by atoms with Crippen LogP contribution in [0.3, 0.4) is 0 Å². The highest BCUT2D eigenvalue weighted by Gasteiger charge is 2.70. The van der Waals surface area contributed by atoms with E-state index >= 15 is 0 Å². The quantitative estimate of drug-likeness (QED) is 0.0534. The molecule has 356 valence electrons. The zero-order chi connectivity index (χ0) is 48.0. The molecule has 1 aromatic rings. The van der Waals surface area contributed by atoms with Gasteiger partial charge in [0.25, 0.3) is 11.6 Å². The molecule has 1 aromatic carbocycles. The number of fused-ring (bicyclic) bond motifs is 1. The molecule has 0 bridgehead atoms. The lowest BCUT2D eigenvalue weighted by molar-refractivity contribution is -0.384. The standard InChI is InChI=1S/C46H65N7O12/c1-45(2,3)37(51-40(57)31(19-13-14-20-32(54)65-6)48-39(56)29-23-27(53(63)64)21-22-28(29)44(61)62)43(60)52-24-30-33(46(30,4)5)36(52)42(59)50-35(26-17-11-8-12-18-26)41(58)49-34(38(47)55)25-15-9-7-10-16-25/h14,20-23,25-26,30-31,33-37H,7-13,15-19,24H2,1-6H3,(H2,47,55)(H,48,56)(H,49,58)(H,50,59)(H,51,57)(H,61,62)/b20-14+/t30-,31-,33-,34-,35-,36-,37+/m0/s1. The Bertz CT molecular complexity index is 2050. The van der Waals surface area contributed by atoms with Crippen molar-refractivity contribution in [3.63, 3.8) is 0 Å². The summed E-state index contributed by atoms with van der Waals surface area (Å²) in [6.07, 6.45) is 10.8. The molecular formula is C46H65N7O12. The van der Waals surface area contributed by atoms with Gasteiger partial charge in [-0.2, -0.15) is 0 Å². The van der Waals surface area contributed by atoms with E-state index in [1.54, 1.807) is 20.8 Å². The monoisotopic (exact) mass is 907 g/mol. The number of piperidine rings is 1. The number of nitrogens with zero attached hydrogens (tertiary/aromatic N) is 2. The van der Waals surface area contributed by atoms with Gasteiger partial charge < -0.3 is 41.7 Å². The first kappa shape index (κ1) is 50.1. The van der Waals surface area contributed by atoms with E-state index < -0.39 is 105 Å². The highest BCUT2D eigenvalue weighted by atomic mass is 16.6. The number of rotatable bonds is 18. The van der Waals surface area contributed by atoms with E-state index in [2.05, 4.69) is 26.0 Å². The summed E-state index contributed by atoms with van der Waals surface area (Å²) in [6.45, 7) is 9.35. The first-order valence-corrected chi connectivity index (χ1v) is 22.7. The Labute approximate surface area is 378 Å². The van der Waals surface area contributed by atoms with Gasteiger partial charge in [0.1, 0.15) is 30.2 Å². The molecule has 0 radical (unpaired) electrons. The number of carboxylic acid groups (broad SMARTS) is 1. The summed E-state index contributed by atoms with van der Waals surface area (Å²) in [5.41, 5.74) is 2.84. The third-order valence-corrected chi connectivity index (χ3v) is 14.0. The fraction of sp³-hybridized carbons (Fsp3) is 0.652. The molecule has 7 atom stereocenters. The summed E-state index contributed by atoms with van der Waals surface area (Å²) in [6, 6.07) is -3.01. The lowest BCUT2D eigenvalue weighted by Crippen LogP contribution is -2.63. The van der Waals surface area contributed by atoms with Crippen molar-refractivity contribution in [1.29, 1.82) is 0 Å². The number of allylic oxidation sites excluding steroid dienone is 1. The number of likely N-dealkylation sites (tertiary alicyclic amines) is 1. The number of hydrogen-bond donors (Lipinski definition) is 6. The Morgan fingerprint density at radius 2 is 1.49 bits per heavy atom. The molecule has 4 aliphatic rings. The number of carbonyl (C=O) groups excluding carboxylic acids is 7. The van der Waals surface area contributed by atoms with Gasteiger partial charge in [-0.05, 0) is 79.1 Å². The lowest BCUT2D eigenvalue weighted by Gasteiger charge is -2.39. The van der Waals surface area contributed by atoms with Gasteiger partial charge in [-0.15, -0.1) is 0 Å². The average Bonchev–Trinajstić information content (AvgIpc) is 3.55. The number of esters is 1. The van der Waals surface area contributed by atoms with E-state index in [0.29, 0.717) is 12.8 Å². The zero-order valence-electron chi connectivity index (χ0n) is 38.2. The molecule has 6 amide bonds. The van der Waals surface area contributed by atoms with Crippen LogP contribution in [0.25, 0.3) is 0 Å². The van der Waals surface area contributed by atoms with Crippen LogP contribution in [0.4, 0.5) is 5.69 Å². The van der Waals surface area contributed by atoms with Gasteiger partial charge >= 0.3 is 11.9 Å². The van der Waals surface area contributed by atoms with Crippen LogP contribution >= 0.6 is 0 Å². The Morgan fingerprint density at radius 1 is 0.892 bits per heavy atom. The minimum Gasteiger partial charge on any atom is -0.478 e. The van der Waals surface area contributed by atoms with Crippen molar-refractivity contribution in [2.24, 2.45) is 40.2 Å². The molecule has 4 fully saturated rings. The topological polar surface area (TPSA) is 287 Å². The summed E-state index contributed by atoms with van der Waals surface area (Å²) in [7, 11) is 1.18. The van der Waals surface area contributed by atoms with Crippen LogP contribution in [-0.2, 0) is 33.5 Å². The van der Waals surface area contributed by atoms with Crippen LogP contribution in [0.5, 0.6) is 0 Å². The van der Waals surface area contributed by atoms with Crippen LogP contribution in [-0.4, -0.2) is 106 Å². The minimum atomic E-state index is -1.55. The van der Waals surface area contributed by atoms with Crippen LogP contribution in [0, 0.1) is 44.6 Å². The maximum absolute atomic E-state index is 14.9. The van der Waals surface area contributed by atoms with Crippen molar-refractivity contribution in [2.45, 2.75) is 142 Å². The second-order valence-electron chi connectivity index (χ2n) is 19.7. The van der Waals surface area contributed by atoms with E-state index in [1.165, 1.54) is 18.1 Å². The summed E-state index contributed by atoms with van der Waals surface area (Å²) < 4.78 is 4.62. The maximum atomic E-state index is 14.9. The third kappa shape index (κ3) is 11.9. The molecule has 0 spiro atoms. The highest BCUT2D eigenvalue weighted by molar-refractivity contribution is 6.07. The predicted octanol–water partition coefficient (Wildman–Crippen LogP) is 3.53. The summed E-state index contributed by atoms with van der Waals surface area (Å²) in [5.74, 6) is -7.09. The van der Waals surface area contributed by atoms with Gasteiger partial charge in [0.2, 0.25) is 29.5 Å². The first-order chi connectivity index (χ1) is 30.6. The number of nitrogens with one attached hydrogen (secondary N) is 4.